The van der Waals surface area contributed by atoms with Crippen molar-refractivity contribution in [3.8, 4) is 33.9 Å². The quantitative estimate of drug-likeness (QED) is 0.302. The van der Waals surface area contributed by atoms with E-state index in [1.165, 1.54) is 6.08 Å². The summed E-state index contributed by atoms with van der Waals surface area (Å²) in [4.78, 5) is 16.4. The number of aromatic nitrogens is 1. The van der Waals surface area contributed by atoms with Crippen molar-refractivity contribution in [2.45, 2.75) is 0 Å². The van der Waals surface area contributed by atoms with Gasteiger partial charge in [-0.2, -0.15) is 0 Å². The predicted octanol–water partition coefficient (Wildman–Crippen LogP) is 7.02. The maximum atomic E-state index is 11.8. The van der Waals surface area contributed by atoms with Gasteiger partial charge in [0.25, 0.3) is 0 Å². The molecule has 0 unspecified atom stereocenters. The molecule has 0 saturated heterocycles. The lowest BCUT2D eigenvalue weighted by Gasteiger charge is -2.15. The third-order valence-electron chi connectivity index (χ3n) is 5.23. The number of nitrogens with zero attached hydrogens (tertiary/aromatic N) is 1. The number of benzene rings is 3. The maximum absolute atomic E-state index is 11.8. The first kappa shape index (κ1) is 22.6. The zero-order valence-corrected chi connectivity index (χ0v) is 19.5. The zero-order chi connectivity index (χ0) is 23.5. The van der Waals surface area contributed by atoms with E-state index < -0.39 is 0 Å². The number of anilines is 1. The molecule has 5 nitrogen and oxygen atoms in total. The number of para-hydroxylation sites is 1. The molecule has 0 aliphatic heterocycles. The van der Waals surface area contributed by atoms with E-state index in [0.717, 1.165) is 27.6 Å². The van der Waals surface area contributed by atoms with E-state index in [-0.39, 0.29) is 5.91 Å². The number of fused-ring (bicyclic) bond motifs is 1. The van der Waals surface area contributed by atoms with E-state index in [1.54, 1.807) is 26.5 Å². The monoisotopic (exact) mass is 478 g/mol. The number of halogens is 2. The van der Waals surface area contributed by atoms with Crippen LogP contribution < -0.4 is 14.8 Å². The number of methoxy groups -OCH3 is 2. The second-order valence-electron chi connectivity index (χ2n) is 7.15. The molecule has 0 saturated carbocycles. The summed E-state index contributed by atoms with van der Waals surface area (Å²) in [5, 5.41) is 5.49. The highest BCUT2D eigenvalue weighted by atomic mass is 35.5. The van der Waals surface area contributed by atoms with Gasteiger partial charge in [0, 0.05) is 28.8 Å². The van der Waals surface area contributed by atoms with Crippen LogP contribution in [0.2, 0.25) is 10.0 Å². The topological polar surface area (TPSA) is 60.5 Å². The number of nitrogens with one attached hydrogen (secondary N) is 1. The van der Waals surface area contributed by atoms with Gasteiger partial charge in [-0.05, 0) is 35.2 Å². The Morgan fingerprint density at radius 3 is 2.33 bits per heavy atom. The van der Waals surface area contributed by atoms with Crippen molar-refractivity contribution in [3.63, 3.8) is 0 Å². The average Bonchev–Trinajstić information content (AvgIpc) is 2.84. The van der Waals surface area contributed by atoms with Gasteiger partial charge in [-0.3, -0.25) is 9.78 Å². The molecule has 0 bridgehead atoms. The minimum Gasteiger partial charge on any atom is -0.495 e. The molecule has 4 aromatic rings. The van der Waals surface area contributed by atoms with Crippen molar-refractivity contribution in [1.29, 1.82) is 0 Å². The highest BCUT2D eigenvalue weighted by Crippen LogP contribution is 2.46. The number of rotatable bonds is 6. The minimum atomic E-state index is -0.282. The Balaban J connectivity index is 1.80. The average molecular weight is 479 g/mol. The number of hydrogen-bond donors (Lipinski definition) is 1. The van der Waals surface area contributed by atoms with E-state index in [0.29, 0.717) is 32.8 Å². The fourth-order valence-corrected chi connectivity index (χ4v) is 4.30. The van der Waals surface area contributed by atoms with E-state index in [1.807, 2.05) is 48.5 Å². The fraction of sp³-hybridized carbons (Fsp3) is 0.0769. The molecule has 0 radical (unpaired) electrons. The van der Waals surface area contributed by atoms with Gasteiger partial charge in [0.15, 0.2) is 0 Å². The molecule has 0 aliphatic carbocycles. The minimum absolute atomic E-state index is 0.282. The second kappa shape index (κ2) is 9.53. The molecule has 33 heavy (non-hydrogen) atoms. The van der Waals surface area contributed by atoms with Crippen LogP contribution in [0.4, 0.5) is 5.69 Å². The van der Waals surface area contributed by atoms with Gasteiger partial charge in [-0.15, -0.1) is 0 Å². The fourth-order valence-electron chi connectivity index (χ4n) is 3.58. The maximum Gasteiger partial charge on any atom is 0.247 e. The summed E-state index contributed by atoms with van der Waals surface area (Å²) in [6.45, 7) is 3.51. The molecule has 3 aromatic carbocycles. The lowest BCUT2D eigenvalue weighted by atomic mass is 10.00. The summed E-state index contributed by atoms with van der Waals surface area (Å²) in [5.41, 5.74) is 3.63. The molecule has 1 aromatic heterocycles. The van der Waals surface area contributed by atoms with Crippen LogP contribution in [0, 0.1) is 0 Å². The summed E-state index contributed by atoms with van der Waals surface area (Å²) in [6.07, 6.45) is 3.01. The highest BCUT2D eigenvalue weighted by molar-refractivity contribution is 6.41. The Kier molecular flexibility index (Phi) is 6.54. The number of amides is 1. The van der Waals surface area contributed by atoms with Gasteiger partial charge >= 0.3 is 0 Å². The molecule has 0 fully saturated rings. The van der Waals surface area contributed by atoms with Crippen molar-refractivity contribution in [2.24, 2.45) is 0 Å². The van der Waals surface area contributed by atoms with Crippen LogP contribution in [0.15, 0.2) is 73.4 Å². The Morgan fingerprint density at radius 2 is 1.67 bits per heavy atom. The van der Waals surface area contributed by atoms with Crippen molar-refractivity contribution < 1.29 is 14.3 Å². The van der Waals surface area contributed by atoms with E-state index in [2.05, 4.69) is 16.9 Å². The largest absolute Gasteiger partial charge is 0.495 e. The summed E-state index contributed by atoms with van der Waals surface area (Å²) >= 11 is 13.2. The van der Waals surface area contributed by atoms with Gasteiger partial charge in [0.2, 0.25) is 5.91 Å². The smallest absolute Gasteiger partial charge is 0.247 e. The normalized spacial score (nSPS) is 10.7. The molecule has 1 heterocycles. The summed E-state index contributed by atoms with van der Waals surface area (Å²) in [5.74, 6) is 0.662. The van der Waals surface area contributed by atoms with Crippen LogP contribution in [0.3, 0.4) is 0 Å². The molecule has 0 atom stereocenters. The van der Waals surface area contributed by atoms with Crippen LogP contribution in [0.5, 0.6) is 11.5 Å². The number of pyridine rings is 1. The summed E-state index contributed by atoms with van der Waals surface area (Å²) < 4.78 is 10.8. The number of hydrogen-bond acceptors (Lipinski definition) is 4. The third kappa shape index (κ3) is 4.38. The molecule has 1 N–H and O–H groups in total. The van der Waals surface area contributed by atoms with Crippen LogP contribution in [0.25, 0.3) is 33.2 Å². The van der Waals surface area contributed by atoms with Crippen LogP contribution >= 0.6 is 23.2 Å². The lowest BCUT2D eigenvalue weighted by molar-refractivity contribution is -0.111. The Bertz CT molecular complexity index is 1360. The zero-order valence-electron chi connectivity index (χ0n) is 18.0. The van der Waals surface area contributed by atoms with Gasteiger partial charge in [0.05, 0.1) is 35.6 Å². The lowest BCUT2D eigenvalue weighted by Crippen LogP contribution is -2.08. The van der Waals surface area contributed by atoms with Crippen LogP contribution in [0.1, 0.15) is 0 Å². The highest BCUT2D eigenvalue weighted by Gasteiger charge is 2.19. The first-order chi connectivity index (χ1) is 16.0. The first-order valence-corrected chi connectivity index (χ1v) is 10.8. The van der Waals surface area contributed by atoms with Crippen LogP contribution in [-0.4, -0.2) is 25.1 Å². The molecular formula is C26H20Cl2N2O3. The van der Waals surface area contributed by atoms with Crippen molar-refractivity contribution >= 4 is 45.6 Å². The molecule has 4 rings (SSSR count). The van der Waals surface area contributed by atoms with E-state index in [4.69, 9.17) is 32.7 Å². The van der Waals surface area contributed by atoms with Crippen molar-refractivity contribution in [2.75, 3.05) is 19.5 Å². The van der Waals surface area contributed by atoms with E-state index >= 15 is 0 Å². The molecule has 1 amide bonds. The van der Waals surface area contributed by atoms with Gasteiger partial charge in [-0.1, -0.05) is 60.1 Å². The molecule has 166 valence electrons. The van der Waals surface area contributed by atoms with E-state index in [9.17, 15) is 4.79 Å². The third-order valence-corrected chi connectivity index (χ3v) is 5.98. The Hall–Kier alpha value is -3.54. The first-order valence-electron chi connectivity index (χ1n) is 9.99. The Labute approximate surface area is 201 Å². The molecule has 0 aliphatic rings. The predicted molar refractivity (Wildman–Crippen MR) is 135 cm³/mol. The molecule has 0 spiro atoms. The number of carbonyl (C=O) groups excluding carboxylic acids is 1. The molecule has 7 heteroatoms. The van der Waals surface area contributed by atoms with Gasteiger partial charge in [-0.25, -0.2) is 0 Å². The van der Waals surface area contributed by atoms with Gasteiger partial charge in [0.1, 0.15) is 11.5 Å². The van der Waals surface area contributed by atoms with Crippen molar-refractivity contribution in [1.82, 2.24) is 4.98 Å². The SMILES string of the molecule is C=CC(=O)Nc1ccccc1-c1cc2ccc(-c3c(Cl)c(OC)cc(OC)c3Cl)cc2cn1. The number of carbonyl (C=O) groups is 1. The van der Waals surface area contributed by atoms with Crippen molar-refractivity contribution in [3.05, 3.63) is 83.5 Å². The van der Waals surface area contributed by atoms with Gasteiger partial charge < -0.3 is 14.8 Å². The molecular weight excluding hydrogens is 459 g/mol. The standard InChI is InChI=1S/C26H20Cl2N2O3/c1-4-23(31)30-19-8-6-5-7-18(19)20-12-15-9-10-16(11-17(15)14-29-20)24-25(27)21(32-2)13-22(33-3)26(24)28/h4-14H,1H2,2-3H3,(H,30,31). The number of ether oxygens (including phenoxy) is 2. The van der Waals surface area contributed by atoms with Crippen LogP contribution in [-0.2, 0) is 4.79 Å². The summed E-state index contributed by atoms with van der Waals surface area (Å²) in [6, 6.07) is 17.0. The Morgan fingerprint density at radius 1 is 0.970 bits per heavy atom. The second-order valence-corrected chi connectivity index (χ2v) is 7.91. The summed E-state index contributed by atoms with van der Waals surface area (Å²) in [7, 11) is 3.08.